The Hall–Kier alpha value is -2.52. The topological polar surface area (TPSA) is 81.0 Å². The predicted octanol–water partition coefficient (Wildman–Crippen LogP) is 3.84. The molecule has 0 atom stereocenters. The number of aromatic nitrogens is 3. The molecular formula is C15H13BrN6O2. The van der Waals surface area contributed by atoms with E-state index in [1.165, 1.54) is 0 Å². The minimum absolute atomic E-state index is 0.364. The van der Waals surface area contributed by atoms with Gasteiger partial charge in [-0.3, -0.25) is 4.57 Å². The van der Waals surface area contributed by atoms with E-state index in [4.69, 9.17) is 9.15 Å². The standard InChI is InChI=1S/C15H13BrN6O2/c1-23-9-22-8-21-7-18-13(14(21)19-20-22)15-17-6-12(24-15)10-2-4-11(16)5-3-10/h2-7H,8-9H2,1H3. The second kappa shape index (κ2) is 6.17. The largest absolute Gasteiger partial charge is 0.435 e. The van der Waals surface area contributed by atoms with Crippen molar-refractivity contribution in [2.24, 2.45) is 10.3 Å². The van der Waals surface area contributed by atoms with E-state index < -0.39 is 0 Å². The molecule has 0 saturated heterocycles. The fraction of sp³-hybridized carbons (Fsp3) is 0.200. The maximum Gasteiger partial charge on any atom is 0.249 e. The first-order valence-electron chi connectivity index (χ1n) is 7.17. The van der Waals surface area contributed by atoms with E-state index in [1.54, 1.807) is 24.6 Å². The van der Waals surface area contributed by atoms with E-state index in [0.717, 1.165) is 10.0 Å². The minimum atomic E-state index is 0.364. The minimum Gasteiger partial charge on any atom is -0.435 e. The first-order valence-corrected chi connectivity index (χ1v) is 7.96. The van der Waals surface area contributed by atoms with Crippen LogP contribution >= 0.6 is 15.9 Å². The quantitative estimate of drug-likeness (QED) is 0.677. The lowest BCUT2D eigenvalue weighted by atomic mass is 10.2. The number of hydrogen-bond donors (Lipinski definition) is 0. The molecule has 1 aromatic carbocycles. The van der Waals surface area contributed by atoms with Crippen LogP contribution in [0.2, 0.25) is 0 Å². The van der Waals surface area contributed by atoms with Gasteiger partial charge in [-0.15, -0.1) is 5.11 Å². The van der Waals surface area contributed by atoms with E-state index >= 15 is 0 Å². The summed E-state index contributed by atoms with van der Waals surface area (Å²) in [5.41, 5.74) is 1.51. The van der Waals surface area contributed by atoms with Crippen molar-refractivity contribution in [1.82, 2.24) is 19.5 Å². The Morgan fingerprint density at radius 1 is 1.25 bits per heavy atom. The van der Waals surface area contributed by atoms with Gasteiger partial charge in [-0.2, -0.15) is 0 Å². The van der Waals surface area contributed by atoms with Crippen LogP contribution in [0.4, 0.5) is 5.82 Å². The summed E-state index contributed by atoms with van der Waals surface area (Å²) in [5, 5.41) is 9.96. The summed E-state index contributed by atoms with van der Waals surface area (Å²) in [6.45, 7) is 0.878. The SMILES string of the molecule is COCN1Cn2cnc(-c3ncc(-c4ccc(Br)cc4)o3)c2N=N1. The highest BCUT2D eigenvalue weighted by Gasteiger charge is 2.22. The molecule has 0 amide bonds. The summed E-state index contributed by atoms with van der Waals surface area (Å²) in [5.74, 6) is 1.71. The number of halogens is 1. The number of nitrogens with zero attached hydrogens (tertiary/aromatic N) is 6. The number of fused-ring (bicyclic) bond motifs is 1. The van der Waals surface area contributed by atoms with Crippen molar-refractivity contribution in [2.45, 2.75) is 6.67 Å². The molecule has 4 rings (SSSR count). The summed E-state index contributed by atoms with van der Waals surface area (Å²) in [6, 6.07) is 7.82. The normalized spacial score (nSPS) is 13.3. The Balaban J connectivity index is 1.64. The molecule has 24 heavy (non-hydrogen) atoms. The molecule has 0 radical (unpaired) electrons. The Kier molecular flexibility index (Phi) is 3.87. The molecule has 0 bridgehead atoms. The van der Waals surface area contributed by atoms with E-state index in [2.05, 4.69) is 36.2 Å². The van der Waals surface area contributed by atoms with Gasteiger partial charge in [-0.25, -0.2) is 15.0 Å². The Morgan fingerprint density at radius 3 is 2.88 bits per heavy atom. The zero-order chi connectivity index (χ0) is 16.5. The number of imidazole rings is 1. The van der Waals surface area contributed by atoms with Crippen molar-refractivity contribution >= 4 is 21.7 Å². The second-order valence-electron chi connectivity index (χ2n) is 5.18. The number of benzene rings is 1. The fourth-order valence-corrected chi connectivity index (χ4v) is 2.66. The molecule has 122 valence electrons. The summed E-state index contributed by atoms with van der Waals surface area (Å²) in [4.78, 5) is 8.69. The van der Waals surface area contributed by atoms with Crippen LogP contribution in [0.15, 0.2) is 56.0 Å². The van der Waals surface area contributed by atoms with Crippen LogP contribution in [0.25, 0.3) is 22.9 Å². The number of rotatable bonds is 4. The molecule has 1 aliphatic heterocycles. The van der Waals surface area contributed by atoms with Crippen molar-refractivity contribution < 1.29 is 9.15 Å². The monoisotopic (exact) mass is 388 g/mol. The number of hydrogen-bond acceptors (Lipinski definition) is 7. The third-order valence-electron chi connectivity index (χ3n) is 3.51. The molecule has 0 N–H and O–H groups in total. The average Bonchev–Trinajstić information content (AvgIpc) is 3.22. The fourth-order valence-electron chi connectivity index (χ4n) is 2.39. The van der Waals surface area contributed by atoms with Gasteiger partial charge in [0, 0.05) is 17.1 Å². The first kappa shape index (κ1) is 15.0. The summed E-state index contributed by atoms with van der Waals surface area (Å²) in [6.07, 6.45) is 3.37. The van der Waals surface area contributed by atoms with Crippen LogP contribution in [-0.2, 0) is 11.4 Å². The lowest BCUT2D eigenvalue weighted by Gasteiger charge is -2.20. The molecule has 9 heteroatoms. The van der Waals surface area contributed by atoms with E-state index in [9.17, 15) is 0 Å². The van der Waals surface area contributed by atoms with Crippen LogP contribution < -0.4 is 0 Å². The van der Waals surface area contributed by atoms with Gasteiger partial charge in [-0.1, -0.05) is 33.3 Å². The molecular weight excluding hydrogens is 376 g/mol. The molecule has 1 aliphatic rings. The lowest BCUT2D eigenvalue weighted by Crippen LogP contribution is -2.24. The van der Waals surface area contributed by atoms with Gasteiger partial charge in [0.1, 0.15) is 13.4 Å². The third-order valence-corrected chi connectivity index (χ3v) is 4.04. The molecule has 0 aliphatic carbocycles. The highest BCUT2D eigenvalue weighted by molar-refractivity contribution is 9.10. The maximum absolute atomic E-state index is 5.85. The molecule has 8 nitrogen and oxygen atoms in total. The molecule has 0 spiro atoms. The Bertz CT molecular complexity index is 886. The summed E-state index contributed by atoms with van der Waals surface area (Å²) in [7, 11) is 1.61. The highest BCUT2D eigenvalue weighted by Crippen LogP contribution is 2.33. The van der Waals surface area contributed by atoms with Crippen LogP contribution in [0.5, 0.6) is 0 Å². The third kappa shape index (κ3) is 2.72. The van der Waals surface area contributed by atoms with Gasteiger partial charge in [0.2, 0.25) is 5.89 Å². The van der Waals surface area contributed by atoms with Crippen LogP contribution in [-0.4, -0.2) is 33.4 Å². The molecule has 0 fully saturated rings. The Labute approximate surface area is 145 Å². The van der Waals surface area contributed by atoms with Crippen LogP contribution in [0.3, 0.4) is 0 Å². The van der Waals surface area contributed by atoms with E-state index in [1.807, 2.05) is 28.8 Å². The predicted molar refractivity (Wildman–Crippen MR) is 89.1 cm³/mol. The van der Waals surface area contributed by atoms with Crippen molar-refractivity contribution in [3.8, 4) is 22.9 Å². The molecule has 3 heterocycles. The Morgan fingerprint density at radius 2 is 2.08 bits per heavy atom. The summed E-state index contributed by atoms with van der Waals surface area (Å²) < 4.78 is 13.8. The van der Waals surface area contributed by atoms with Crippen LogP contribution in [0.1, 0.15) is 0 Å². The van der Waals surface area contributed by atoms with Gasteiger partial charge in [0.15, 0.2) is 17.3 Å². The highest BCUT2D eigenvalue weighted by atomic mass is 79.9. The molecule has 0 saturated carbocycles. The van der Waals surface area contributed by atoms with E-state index in [0.29, 0.717) is 36.6 Å². The van der Waals surface area contributed by atoms with Gasteiger partial charge >= 0.3 is 0 Å². The van der Waals surface area contributed by atoms with Gasteiger partial charge in [0.05, 0.1) is 12.5 Å². The first-order chi connectivity index (χ1) is 11.7. The average molecular weight is 389 g/mol. The number of oxazole rings is 1. The molecule has 2 aromatic heterocycles. The van der Waals surface area contributed by atoms with Crippen molar-refractivity contribution in [3.05, 3.63) is 41.3 Å². The van der Waals surface area contributed by atoms with Gasteiger partial charge in [-0.05, 0) is 12.1 Å². The second-order valence-corrected chi connectivity index (χ2v) is 6.09. The molecule has 3 aromatic rings. The van der Waals surface area contributed by atoms with E-state index in [-0.39, 0.29) is 0 Å². The van der Waals surface area contributed by atoms with Crippen molar-refractivity contribution in [1.29, 1.82) is 0 Å². The smallest absolute Gasteiger partial charge is 0.249 e. The number of ether oxygens (including phenoxy) is 1. The van der Waals surface area contributed by atoms with Crippen molar-refractivity contribution in [2.75, 3.05) is 13.8 Å². The number of methoxy groups -OCH3 is 1. The zero-order valence-corrected chi connectivity index (χ0v) is 14.3. The van der Waals surface area contributed by atoms with Crippen molar-refractivity contribution in [3.63, 3.8) is 0 Å². The summed E-state index contributed by atoms with van der Waals surface area (Å²) >= 11 is 3.42. The maximum atomic E-state index is 5.85. The van der Waals surface area contributed by atoms with Gasteiger partial charge < -0.3 is 9.15 Å². The zero-order valence-electron chi connectivity index (χ0n) is 12.8. The van der Waals surface area contributed by atoms with Gasteiger partial charge in [0.25, 0.3) is 0 Å². The van der Waals surface area contributed by atoms with Crippen LogP contribution in [0, 0.1) is 0 Å². The lowest BCUT2D eigenvalue weighted by molar-refractivity contribution is 0.0335. The molecule has 0 unspecified atom stereocenters.